The van der Waals surface area contributed by atoms with Crippen LogP contribution in [0.15, 0.2) is 42.5 Å². The first kappa shape index (κ1) is 18.1. The number of ether oxygens (including phenoxy) is 2. The lowest BCUT2D eigenvalue weighted by atomic mass is 9.72. The molecule has 0 saturated carbocycles. The summed E-state index contributed by atoms with van der Waals surface area (Å²) in [6.45, 7) is 4.78. The van der Waals surface area contributed by atoms with E-state index < -0.39 is 5.41 Å². The molecule has 1 amide bonds. The number of nitrogens with zero attached hydrogens (tertiary/aromatic N) is 1. The Kier molecular flexibility index (Phi) is 4.92. The largest absolute Gasteiger partial charge is 0.497 e. The number of benzene rings is 2. The molecule has 4 heteroatoms. The van der Waals surface area contributed by atoms with Gasteiger partial charge in [-0.15, -0.1) is 0 Å². The van der Waals surface area contributed by atoms with Gasteiger partial charge in [-0.25, -0.2) is 0 Å². The van der Waals surface area contributed by atoms with Gasteiger partial charge in [-0.3, -0.25) is 4.79 Å². The average Bonchev–Trinajstić information content (AvgIpc) is 2.73. The molecule has 0 unspecified atom stereocenters. The Morgan fingerprint density at radius 1 is 1.07 bits per heavy atom. The van der Waals surface area contributed by atoms with E-state index in [1.165, 1.54) is 16.7 Å². The Morgan fingerprint density at radius 3 is 2.52 bits per heavy atom. The number of rotatable bonds is 3. The Hall–Kier alpha value is -2.33. The van der Waals surface area contributed by atoms with E-state index in [2.05, 4.69) is 43.3 Å². The predicted octanol–water partition coefficient (Wildman–Crippen LogP) is 3.64. The zero-order chi connectivity index (χ0) is 18.9. The summed E-state index contributed by atoms with van der Waals surface area (Å²) in [6, 6.07) is 14.7. The van der Waals surface area contributed by atoms with Gasteiger partial charge in [0.2, 0.25) is 5.91 Å². The van der Waals surface area contributed by atoms with Crippen molar-refractivity contribution in [3.05, 3.63) is 64.7 Å². The first-order valence-electron chi connectivity index (χ1n) is 9.72. The highest BCUT2D eigenvalue weighted by molar-refractivity contribution is 5.88. The van der Waals surface area contributed by atoms with Gasteiger partial charge in [0.25, 0.3) is 0 Å². The topological polar surface area (TPSA) is 38.8 Å². The fourth-order valence-electron chi connectivity index (χ4n) is 4.35. The van der Waals surface area contributed by atoms with E-state index in [1.807, 2.05) is 11.0 Å². The molecular weight excluding hydrogens is 338 g/mol. The van der Waals surface area contributed by atoms with Crippen LogP contribution in [0.5, 0.6) is 5.75 Å². The molecule has 0 N–H and O–H groups in total. The zero-order valence-corrected chi connectivity index (χ0v) is 16.2. The smallest absolute Gasteiger partial charge is 0.233 e. The van der Waals surface area contributed by atoms with E-state index in [0.29, 0.717) is 19.8 Å². The van der Waals surface area contributed by atoms with Crippen LogP contribution in [-0.4, -0.2) is 37.7 Å². The van der Waals surface area contributed by atoms with Crippen molar-refractivity contribution in [3.63, 3.8) is 0 Å². The van der Waals surface area contributed by atoms with Gasteiger partial charge in [0.05, 0.1) is 12.5 Å². The SMILES string of the molecule is COc1ccc2c(c1)CN(C(=O)C1(c3ccc(C)cc3)CCOCC1)CC2. The van der Waals surface area contributed by atoms with Crippen molar-refractivity contribution >= 4 is 5.91 Å². The van der Waals surface area contributed by atoms with Crippen molar-refractivity contribution < 1.29 is 14.3 Å². The first-order valence-corrected chi connectivity index (χ1v) is 9.72. The quantitative estimate of drug-likeness (QED) is 0.834. The van der Waals surface area contributed by atoms with Crippen molar-refractivity contribution in [1.82, 2.24) is 4.90 Å². The van der Waals surface area contributed by atoms with Crippen LogP contribution in [0.3, 0.4) is 0 Å². The van der Waals surface area contributed by atoms with E-state index in [0.717, 1.165) is 37.1 Å². The summed E-state index contributed by atoms with van der Waals surface area (Å²) in [7, 11) is 1.68. The third-order valence-electron chi connectivity index (χ3n) is 6.07. The van der Waals surface area contributed by atoms with Crippen LogP contribution in [0, 0.1) is 6.92 Å². The van der Waals surface area contributed by atoms with Crippen LogP contribution in [0.25, 0.3) is 0 Å². The molecule has 4 nitrogen and oxygen atoms in total. The lowest BCUT2D eigenvalue weighted by Gasteiger charge is -2.41. The van der Waals surface area contributed by atoms with E-state index in [4.69, 9.17) is 9.47 Å². The lowest BCUT2D eigenvalue weighted by Crippen LogP contribution is -2.51. The first-order chi connectivity index (χ1) is 13.1. The molecule has 0 atom stereocenters. The van der Waals surface area contributed by atoms with E-state index in [-0.39, 0.29) is 5.91 Å². The van der Waals surface area contributed by atoms with Gasteiger partial charge in [0, 0.05) is 26.3 Å². The van der Waals surface area contributed by atoms with E-state index >= 15 is 0 Å². The molecule has 0 bridgehead atoms. The fraction of sp³-hybridized carbons (Fsp3) is 0.435. The van der Waals surface area contributed by atoms with Gasteiger partial charge in [-0.05, 0) is 55.0 Å². The zero-order valence-electron chi connectivity index (χ0n) is 16.2. The van der Waals surface area contributed by atoms with Gasteiger partial charge in [0.1, 0.15) is 5.75 Å². The van der Waals surface area contributed by atoms with Gasteiger partial charge in [0.15, 0.2) is 0 Å². The molecule has 1 saturated heterocycles. The number of hydrogen-bond acceptors (Lipinski definition) is 3. The maximum Gasteiger partial charge on any atom is 0.233 e. The normalized spacial score (nSPS) is 18.7. The number of carbonyl (C=O) groups is 1. The molecular formula is C23H27NO3. The second-order valence-corrected chi connectivity index (χ2v) is 7.67. The maximum absolute atomic E-state index is 13.8. The highest BCUT2D eigenvalue weighted by atomic mass is 16.5. The van der Waals surface area contributed by atoms with Crippen molar-refractivity contribution in [2.24, 2.45) is 0 Å². The van der Waals surface area contributed by atoms with Gasteiger partial charge < -0.3 is 14.4 Å². The van der Waals surface area contributed by atoms with Crippen LogP contribution in [-0.2, 0) is 27.9 Å². The van der Waals surface area contributed by atoms with Crippen molar-refractivity contribution in [2.75, 3.05) is 26.9 Å². The summed E-state index contributed by atoms with van der Waals surface area (Å²) in [5, 5.41) is 0. The van der Waals surface area contributed by atoms with Crippen LogP contribution >= 0.6 is 0 Å². The number of methoxy groups -OCH3 is 1. The molecule has 27 heavy (non-hydrogen) atoms. The fourth-order valence-corrected chi connectivity index (χ4v) is 4.35. The Labute approximate surface area is 161 Å². The highest BCUT2D eigenvalue weighted by Crippen LogP contribution is 2.38. The van der Waals surface area contributed by atoms with Crippen molar-refractivity contribution in [3.8, 4) is 5.75 Å². The standard InChI is InChI=1S/C23H27NO3/c1-17-3-6-20(7-4-17)23(10-13-27-14-11-23)22(25)24-12-9-18-5-8-21(26-2)15-19(18)16-24/h3-8,15H,9-14,16H2,1-2H3. The minimum absolute atomic E-state index is 0.239. The Morgan fingerprint density at radius 2 is 1.81 bits per heavy atom. The lowest BCUT2D eigenvalue weighted by molar-refractivity contribution is -0.142. The highest BCUT2D eigenvalue weighted by Gasteiger charge is 2.44. The van der Waals surface area contributed by atoms with Crippen LogP contribution < -0.4 is 4.74 Å². The van der Waals surface area contributed by atoms with Crippen LogP contribution in [0.1, 0.15) is 35.1 Å². The predicted molar refractivity (Wildman–Crippen MR) is 105 cm³/mol. The number of aryl methyl sites for hydroxylation is 1. The summed E-state index contributed by atoms with van der Waals surface area (Å²) in [6.07, 6.45) is 2.39. The molecule has 0 radical (unpaired) electrons. The minimum atomic E-state index is -0.470. The number of fused-ring (bicyclic) bond motifs is 1. The Bertz CT molecular complexity index is 822. The molecule has 0 spiro atoms. The minimum Gasteiger partial charge on any atom is -0.497 e. The van der Waals surface area contributed by atoms with Crippen LogP contribution in [0.2, 0.25) is 0 Å². The molecule has 0 aromatic heterocycles. The average molecular weight is 365 g/mol. The monoisotopic (exact) mass is 365 g/mol. The van der Waals surface area contributed by atoms with Crippen molar-refractivity contribution in [1.29, 1.82) is 0 Å². The third kappa shape index (κ3) is 3.34. The molecule has 2 aliphatic heterocycles. The van der Waals surface area contributed by atoms with E-state index in [9.17, 15) is 4.79 Å². The van der Waals surface area contributed by atoms with Gasteiger partial charge >= 0.3 is 0 Å². The third-order valence-corrected chi connectivity index (χ3v) is 6.07. The summed E-state index contributed by atoms with van der Waals surface area (Å²) in [5.41, 5.74) is 4.38. The summed E-state index contributed by atoms with van der Waals surface area (Å²) < 4.78 is 11.0. The van der Waals surface area contributed by atoms with E-state index in [1.54, 1.807) is 7.11 Å². The number of hydrogen-bond donors (Lipinski definition) is 0. The molecule has 2 aromatic carbocycles. The molecule has 142 valence electrons. The van der Waals surface area contributed by atoms with Crippen molar-refractivity contribution in [2.45, 2.75) is 38.1 Å². The molecule has 4 rings (SSSR count). The number of carbonyl (C=O) groups excluding carboxylic acids is 1. The summed E-state index contributed by atoms with van der Waals surface area (Å²) >= 11 is 0. The van der Waals surface area contributed by atoms with Gasteiger partial charge in [-0.2, -0.15) is 0 Å². The summed E-state index contributed by atoms with van der Waals surface area (Å²) in [4.78, 5) is 15.8. The Balaban J connectivity index is 1.65. The second-order valence-electron chi connectivity index (χ2n) is 7.67. The molecule has 2 aromatic rings. The molecule has 2 heterocycles. The molecule has 0 aliphatic carbocycles. The number of amides is 1. The maximum atomic E-state index is 13.8. The van der Waals surface area contributed by atoms with Gasteiger partial charge in [-0.1, -0.05) is 35.9 Å². The summed E-state index contributed by atoms with van der Waals surface area (Å²) in [5.74, 6) is 1.09. The molecule has 1 fully saturated rings. The molecule has 2 aliphatic rings. The van der Waals surface area contributed by atoms with Crippen LogP contribution in [0.4, 0.5) is 0 Å². The second kappa shape index (κ2) is 7.35.